The van der Waals surface area contributed by atoms with Gasteiger partial charge >= 0.3 is 0 Å². The smallest absolute Gasteiger partial charge is 0.269 e. The zero-order chi connectivity index (χ0) is 15.0. The Labute approximate surface area is 123 Å². The molecule has 1 unspecified atom stereocenters. The number of nitro benzene ring substituents is 1. The molecule has 1 heterocycles. The van der Waals surface area contributed by atoms with Crippen LogP contribution < -0.4 is 5.32 Å². The maximum Gasteiger partial charge on any atom is 0.269 e. The molecule has 1 atom stereocenters. The second kappa shape index (κ2) is 5.11. The van der Waals surface area contributed by atoms with Crippen LogP contribution in [0.25, 0.3) is 0 Å². The third kappa shape index (κ3) is 2.19. The number of carbonyl (C=O) groups is 1. The maximum atomic E-state index is 12.7. The number of hydrogen-bond donors (Lipinski definition) is 1. The van der Waals surface area contributed by atoms with E-state index in [0.29, 0.717) is 6.54 Å². The topological polar surface area (TPSA) is 75.5 Å². The van der Waals surface area contributed by atoms with Gasteiger partial charge in [0.1, 0.15) is 6.17 Å². The van der Waals surface area contributed by atoms with Gasteiger partial charge < -0.3 is 4.90 Å². The van der Waals surface area contributed by atoms with Crippen molar-refractivity contribution in [1.82, 2.24) is 10.2 Å². The molecule has 3 rings (SSSR count). The van der Waals surface area contributed by atoms with Crippen LogP contribution in [0, 0.1) is 10.1 Å². The van der Waals surface area contributed by atoms with Crippen LogP contribution in [0.15, 0.2) is 24.3 Å². The number of likely N-dealkylation sites (N-methyl/N-ethyl adjacent to an activating group) is 1. The average molecular weight is 289 g/mol. The van der Waals surface area contributed by atoms with Gasteiger partial charge in [0.15, 0.2) is 0 Å². The molecule has 1 saturated carbocycles. The Balaban J connectivity index is 1.96. The van der Waals surface area contributed by atoms with Gasteiger partial charge in [-0.3, -0.25) is 20.2 Å². The number of nitrogens with zero attached hydrogens (tertiary/aromatic N) is 2. The van der Waals surface area contributed by atoms with Crippen LogP contribution in [-0.2, 0) is 4.79 Å². The Morgan fingerprint density at radius 1 is 1.43 bits per heavy atom. The van der Waals surface area contributed by atoms with Gasteiger partial charge in [0, 0.05) is 18.7 Å². The average Bonchev–Trinajstić information content (AvgIpc) is 3.06. The summed E-state index contributed by atoms with van der Waals surface area (Å²) >= 11 is 0. The molecule has 1 amide bonds. The second-order valence-electron chi connectivity index (χ2n) is 5.78. The first kappa shape index (κ1) is 14.0. The first-order valence-corrected chi connectivity index (χ1v) is 7.40. The van der Waals surface area contributed by atoms with E-state index in [2.05, 4.69) is 5.32 Å². The number of hydrogen-bond acceptors (Lipinski definition) is 4. The predicted octanol–water partition coefficient (Wildman–Crippen LogP) is 2.36. The summed E-state index contributed by atoms with van der Waals surface area (Å²) in [5.74, 6) is 0.138. The molecule has 1 aliphatic carbocycles. The van der Waals surface area contributed by atoms with Crippen molar-refractivity contribution in [2.75, 3.05) is 6.54 Å². The first-order chi connectivity index (χ1) is 10.1. The summed E-state index contributed by atoms with van der Waals surface area (Å²) in [7, 11) is 0. The fourth-order valence-corrected chi connectivity index (χ4v) is 3.53. The summed E-state index contributed by atoms with van der Waals surface area (Å²) in [5.41, 5.74) is 0.388. The number of nitrogens with one attached hydrogen (secondary N) is 1. The van der Waals surface area contributed by atoms with Crippen LogP contribution in [0.2, 0.25) is 0 Å². The van der Waals surface area contributed by atoms with Crippen LogP contribution in [0.4, 0.5) is 5.69 Å². The van der Waals surface area contributed by atoms with Crippen molar-refractivity contribution in [2.45, 2.75) is 44.3 Å². The van der Waals surface area contributed by atoms with Crippen LogP contribution in [0.1, 0.15) is 44.3 Å². The van der Waals surface area contributed by atoms with E-state index in [1.54, 1.807) is 17.0 Å². The highest BCUT2D eigenvalue weighted by Crippen LogP contribution is 2.41. The van der Waals surface area contributed by atoms with E-state index in [-0.39, 0.29) is 17.8 Å². The molecule has 2 aliphatic rings. The molecule has 112 valence electrons. The molecule has 1 spiro atoms. The highest BCUT2D eigenvalue weighted by atomic mass is 16.6. The summed E-state index contributed by atoms with van der Waals surface area (Å²) in [6, 6.07) is 6.55. The van der Waals surface area contributed by atoms with Gasteiger partial charge in [-0.2, -0.15) is 0 Å². The van der Waals surface area contributed by atoms with Crippen molar-refractivity contribution < 1.29 is 9.72 Å². The molecule has 1 saturated heterocycles. The zero-order valence-electron chi connectivity index (χ0n) is 12.0. The molecule has 1 aromatic rings. The van der Waals surface area contributed by atoms with E-state index in [1.165, 1.54) is 6.07 Å². The quantitative estimate of drug-likeness (QED) is 0.684. The van der Waals surface area contributed by atoms with Gasteiger partial charge in [-0.15, -0.1) is 0 Å². The number of benzene rings is 1. The molecule has 1 N–H and O–H groups in total. The van der Waals surface area contributed by atoms with E-state index in [0.717, 1.165) is 31.2 Å². The summed E-state index contributed by atoms with van der Waals surface area (Å²) < 4.78 is 0. The molecule has 1 aliphatic heterocycles. The third-order valence-electron chi connectivity index (χ3n) is 4.59. The molecule has 6 nitrogen and oxygen atoms in total. The normalized spacial score (nSPS) is 24.0. The number of rotatable bonds is 3. The molecular formula is C15H19N3O3. The van der Waals surface area contributed by atoms with Crippen LogP contribution in [-0.4, -0.2) is 27.8 Å². The predicted molar refractivity (Wildman–Crippen MR) is 77.6 cm³/mol. The van der Waals surface area contributed by atoms with Crippen LogP contribution in [0.3, 0.4) is 0 Å². The van der Waals surface area contributed by atoms with Crippen molar-refractivity contribution >= 4 is 11.6 Å². The Morgan fingerprint density at radius 3 is 2.76 bits per heavy atom. The van der Waals surface area contributed by atoms with Gasteiger partial charge in [-0.05, 0) is 25.3 Å². The first-order valence-electron chi connectivity index (χ1n) is 7.40. The summed E-state index contributed by atoms with van der Waals surface area (Å²) in [6.45, 7) is 2.54. The molecule has 0 aromatic heterocycles. The van der Waals surface area contributed by atoms with Gasteiger partial charge in [0.2, 0.25) is 5.91 Å². The van der Waals surface area contributed by atoms with Crippen LogP contribution in [0.5, 0.6) is 0 Å². The number of nitro groups is 1. The SMILES string of the molecule is CCN1C(=O)C2(CCCC2)NC1c1cccc([N+](=O)[O-])c1. The molecule has 6 heteroatoms. The fraction of sp³-hybridized carbons (Fsp3) is 0.533. The van der Waals surface area contributed by atoms with E-state index in [4.69, 9.17) is 0 Å². The van der Waals surface area contributed by atoms with Crippen molar-refractivity contribution in [3.05, 3.63) is 39.9 Å². The van der Waals surface area contributed by atoms with Gasteiger partial charge in [-0.1, -0.05) is 25.0 Å². The molecule has 1 aromatic carbocycles. The summed E-state index contributed by atoms with van der Waals surface area (Å²) in [6.07, 6.45) is 3.55. The number of non-ortho nitro benzene ring substituents is 1. The third-order valence-corrected chi connectivity index (χ3v) is 4.59. The molecule has 2 fully saturated rings. The lowest BCUT2D eigenvalue weighted by Gasteiger charge is -2.22. The summed E-state index contributed by atoms with van der Waals surface area (Å²) in [4.78, 5) is 25.0. The highest BCUT2D eigenvalue weighted by Gasteiger charge is 2.52. The molecule has 0 radical (unpaired) electrons. The van der Waals surface area contributed by atoms with Crippen molar-refractivity contribution in [3.8, 4) is 0 Å². The maximum absolute atomic E-state index is 12.7. The Morgan fingerprint density at radius 2 is 2.14 bits per heavy atom. The minimum absolute atomic E-state index is 0.0603. The lowest BCUT2D eigenvalue weighted by atomic mass is 9.98. The number of carbonyl (C=O) groups excluding carboxylic acids is 1. The molecule has 0 bridgehead atoms. The van der Waals surface area contributed by atoms with E-state index >= 15 is 0 Å². The molecule has 21 heavy (non-hydrogen) atoms. The highest BCUT2D eigenvalue weighted by molar-refractivity contribution is 5.89. The largest absolute Gasteiger partial charge is 0.322 e. The van der Waals surface area contributed by atoms with Crippen molar-refractivity contribution in [3.63, 3.8) is 0 Å². The lowest BCUT2D eigenvalue weighted by molar-refractivity contribution is -0.385. The van der Waals surface area contributed by atoms with Crippen LogP contribution >= 0.6 is 0 Å². The Bertz CT molecular complexity index is 581. The Hall–Kier alpha value is -1.95. The van der Waals surface area contributed by atoms with Crippen molar-refractivity contribution in [1.29, 1.82) is 0 Å². The minimum Gasteiger partial charge on any atom is -0.322 e. The summed E-state index contributed by atoms with van der Waals surface area (Å²) in [5, 5.41) is 14.4. The Kier molecular flexibility index (Phi) is 3.41. The fourth-order valence-electron chi connectivity index (χ4n) is 3.53. The molecular weight excluding hydrogens is 270 g/mol. The van der Waals surface area contributed by atoms with E-state index in [1.807, 2.05) is 13.0 Å². The number of amides is 1. The van der Waals surface area contributed by atoms with Crippen molar-refractivity contribution in [2.24, 2.45) is 0 Å². The zero-order valence-corrected chi connectivity index (χ0v) is 12.0. The van der Waals surface area contributed by atoms with Gasteiger partial charge in [-0.25, -0.2) is 0 Å². The second-order valence-corrected chi connectivity index (χ2v) is 5.78. The van der Waals surface area contributed by atoms with E-state index in [9.17, 15) is 14.9 Å². The monoisotopic (exact) mass is 289 g/mol. The van der Waals surface area contributed by atoms with Gasteiger partial charge in [0.25, 0.3) is 5.69 Å². The lowest BCUT2D eigenvalue weighted by Crippen LogP contribution is -2.44. The standard InChI is InChI=1S/C15H19N3O3/c1-2-17-13(11-6-5-7-12(10-11)18(20)21)16-15(14(17)19)8-3-4-9-15/h5-7,10,13,16H,2-4,8-9H2,1H3. The van der Waals surface area contributed by atoms with Gasteiger partial charge in [0.05, 0.1) is 10.5 Å². The minimum atomic E-state index is -0.453. The van der Waals surface area contributed by atoms with E-state index < -0.39 is 10.5 Å².